The van der Waals surface area contributed by atoms with Crippen molar-refractivity contribution in [3.8, 4) is 0 Å². The van der Waals surface area contributed by atoms with Gasteiger partial charge in [-0.1, -0.05) is 15.9 Å². The molecule has 0 amide bonds. The highest BCUT2D eigenvalue weighted by Gasteiger charge is 2.26. The lowest BCUT2D eigenvalue weighted by Gasteiger charge is -2.14. The van der Waals surface area contributed by atoms with Crippen LogP contribution in [0.3, 0.4) is 0 Å². The molecule has 0 saturated carbocycles. The molecule has 0 aromatic carbocycles. The molecule has 0 fully saturated rings. The summed E-state index contributed by atoms with van der Waals surface area (Å²) in [5.74, 6) is -0.385. The van der Waals surface area contributed by atoms with Gasteiger partial charge in [0.1, 0.15) is 0 Å². The number of ether oxygens (including phenoxy) is 1. The molecule has 1 aromatic heterocycles. The molecule has 0 aliphatic rings. The molecule has 3 nitrogen and oxygen atoms in total. The molecule has 0 radical (unpaired) electrons. The lowest BCUT2D eigenvalue weighted by molar-refractivity contribution is 0.0593. The highest BCUT2D eigenvalue weighted by atomic mass is 79.9. The van der Waals surface area contributed by atoms with Crippen molar-refractivity contribution in [1.82, 2.24) is 4.98 Å². The van der Waals surface area contributed by atoms with E-state index in [0.717, 1.165) is 4.88 Å². The Hall–Kier alpha value is -0.420. The zero-order valence-corrected chi connectivity index (χ0v) is 10.0. The third-order valence-corrected chi connectivity index (χ3v) is 3.30. The highest BCUT2D eigenvalue weighted by molar-refractivity contribution is 9.09. The van der Waals surface area contributed by atoms with Crippen LogP contribution in [0, 0.1) is 0 Å². The maximum atomic E-state index is 11.2. The largest absolute Gasteiger partial charge is 0.464 e. The fourth-order valence-electron chi connectivity index (χ4n) is 0.910. The van der Waals surface area contributed by atoms with Gasteiger partial charge in [0.05, 0.1) is 21.8 Å². The number of halogens is 1. The normalized spacial score (nSPS) is 11.4. The van der Waals surface area contributed by atoms with E-state index in [4.69, 9.17) is 0 Å². The Morgan fingerprint density at radius 3 is 2.77 bits per heavy atom. The smallest absolute Gasteiger partial charge is 0.357 e. The highest BCUT2D eigenvalue weighted by Crippen LogP contribution is 2.35. The number of methoxy groups -OCH3 is 1. The second-order valence-electron chi connectivity index (χ2n) is 2.99. The van der Waals surface area contributed by atoms with Gasteiger partial charge < -0.3 is 4.74 Å². The van der Waals surface area contributed by atoms with Crippen LogP contribution in [0.2, 0.25) is 0 Å². The summed E-state index contributed by atoms with van der Waals surface area (Å²) in [4.78, 5) is 16.1. The van der Waals surface area contributed by atoms with E-state index in [1.165, 1.54) is 18.4 Å². The maximum absolute atomic E-state index is 11.2. The zero-order valence-electron chi connectivity index (χ0n) is 7.63. The number of thiazole rings is 1. The Kier molecular flexibility index (Phi) is 3.08. The molecule has 1 aromatic rings. The Labute approximate surface area is 89.3 Å². The van der Waals surface area contributed by atoms with E-state index in [1.54, 1.807) is 5.51 Å². The van der Waals surface area contributed by atoms with Crippen LogP contribution in [-0.2, 0) is 9.06 Å². The molecule has 72 valence electrons. The lowest BCUT2D eigenvalue weighted by Crippen LogP contribution is -2.12. The number of carbonyl (C=O) groups is 1. The summed E-state index contributed by atoms with van der Waals surface area (Å²) in [6, 6.07) is 0. The minimum atomic E-state index is -0.385. The second kappa shape index (κ2) is 3.75. The standard InChI is InChI=1S/C8H10BrNO2S/c1-8(2,9)6-5(7(11)12-3)10-4-13-6/h4H,1-3H3. The summed E-state index contributed by atoms with van der Waals surface area (Å²) in [6.45, 7) is 3.93. The molecule has 0 aliphatic heterocycles. The van der Waals surface area contributed by atoms with Crippen molar-refractivity contribution in [2.24, 2.45) is 0 Å². The molecule has 1 rings (SSSR count). The fraction of sp³-hybridized carbons (Fsp3) is 0.500. The molecule has 0 spiro atoms. The molecular weight excluding hydrogens is 254 g/mol. The van der Waals surface area contributed by atoms with Gasteiger partial charge in [-0.25, -0.2) is 9.78 Å². The minimum Gasteiger partial charge on any atom is -0.464 e. The van der Waals surface area contributed by atoms with Gasteiger partial charge in [-0.15, -0.1) is 11.3 Å². The molecule has 0 bridgehead atoms. The van der Waals surface area contributed by atoms with Gasteiger partial charge in [0.25, 0.3) is 0 Å². The monoisotopic (exact) mass is 263 g/mol. The van der Waals surface area contributed by atoms with Crippen molar-refractivity contribution in [3.05, 3.63) is 16.1 Å². The van der Waals surface area contributed by atoms with E-state index in [-0.39, 0.29) is 10.3 Å². The molecule has 0 unspecified atom stereocenters. The quantitative estimate of drug-likeness (QED) is 0.608. The van der Waals surface area contributed by atoms with Crippen LogP contribution in [0.1, 0.15) is 29.2 Å². The van der Waals surface area contributed by atoms with Crippen LogP contribution in [0.15, 0.2) is 5.51 Å². The van der Waals surface area contributed by atoms with Crippen molar-refractivity contribution in [3.63, 3.8) is 0 Å². The van der Waals surface area contributed by atoms with E-state index >= 15 is 0 Å². The summed E-state index contributed by atoms with van der Waals surface area (Å²) in [5, 5.41) is 0. The van der Waals surface area contributed by atoms with Crippen LogP contribution < -0.4 is 0 Å². The number of esters is 1. The van der Waals surface area contributed by atoms with E-state index in [2.05, 4.69) is 25.7 Å². The van der Waals surface area contributed by atoms with Crippen molar-refractivity contribution in [2.45, 2.75) is 18.2 Å². The average Bonchev–Trinajstić information content (AvgIpc) is 2.49. The summed E-state index contributed by atoms with van der Waals surface area (Å²) >= 11 is 4.92. The van der Waals surface area contributed by atoms with Crippen LogP contribution in [0.25, 0.3) is 0 Å². The van der Waals surface area contributed by atoms with Crippen LogP contribution in [0.4, 0.5) is 0 Å². The van der Waals surface area contributed by atoms with E-state index < -0.39 is 0 Å². The van der Waals surface area contributed by atoms with Gasteiger partial charge in [-0.2, -0.15) is 0 Å². The van der Waals surface area contributed by atoms with Gasteiger partial charge in [0.2, 0.25) is 0 Å². The maximum Gasteiger partial charge on any atom is 0.357 e. The average molecular weight is 264 g/mol. The number of nitrogens with zero attached hydrogens (tertiary/aromatic N) is 1. The Bertz CT molecular complexity index is 316. The Morgan fingerprint density at radius 1 is 1.69 bits per heavy atom. The molecule has 13 heavy (non-hydrogen) atoms. The van der Waals surface area contributed by atoms with E-state index in [9.17, 15) is 4.79 Å². The first-order chi connectivity index (χ1) is 5.96. The molecule has 5 heteroatoms. The topological polar surface area (TPSA) is 39.2 Å². The molecule has 1 heterocycles. The van der Waals surface area contributed by atoms with Crippen molar-refractivity contribution in [1.29, 1.82) is 0 Å². The van der Waals surface area contributed by atoms with Gasteiger partial charge in [0.15, 0.2) is 5.69 Å². The fourth-order valence-corrected chi connectivity index (χ4v) is 2.17. The van der Waals surface area contributed by atoms with Crippen molar-refractivity contribution in [2.75, 3.05) is 7.11 Å². The van der Waals surface area contributed by atoms with E-state index in [0.29, 0.717) is 5.69 Å². The molecule has 0 atom stereocenters. The summed E-state index contributed by atoms with van der Waals surface area (Å²) in [5.41, 5.74) is 2.04. The predicted octanol–water partition coefficient (Wildman–Crippen LogP) is 2.56. The van der Waals surface area contributed by atoms with Crippen LogP contribution in [-0.4, -0.2) is 18.1 Å². The first kappa shape index (κ1) is 10.7. The Balaban J connectivity index is 3.10. The van der Waals surface area contributed by atoms with Gasteiger partial charge in [-0.05, 0) is 13.8 Å². The number of hydrogen-bond donors (Lipinski definition) is 0. The first-order valence-corrected chi connectivity index (χ1v) is 5.35. The lowest BCUT2D eigenvalue weighted by atomic mass is 10.1. The molecule has 0 N–H and O–H groups in total. The third-order valence-electron chi connectivity index (χ3n) is 1.49. The second-order valence-corrected chi connectivity index (χ2v) is 5.83. The van der Waals surface area contributed by atoms with Crippen LogP contribution >= 0.6 is 27.3 Å². The van der Waals surface area contributed by atoms with Crippen LogP contribution in [0.5, 0.6) is 0 Å². The Morgan fingerprint density at radius 2 is 2.31 bits per heavy atom. The van der Waals surface area contributed by atoms with E-state index in [1.807, 2.05) is 13.8 Å². The summed E-state index contributed by atoms with van der Waals surface area (Å²) in [7, 11) is 1.35. The van der Waals surface area contributed by atoms with Gasteiger partial charge in [0, 0.05) is 0 Å². The third kappa shape index (κ3) is 2.28. The summed E-state index contributed by atoms with van der Waals surface area (Å²) < 4.78 is 4.38. The van der Waals surface area contributed by atoms with Crippen molar-refractivity contribution >= 4 is 33.2 Å². The molecular formula is C8H10BrNO2S. The number of rotatable bonds is 2. The summed E-state index contributed by atoms with van der Waals surface area (Å²) in [6.07, 6.45) is 0. The zero-order chi connectivity index (χ0) is 10.1. The number of aromatic nitrogens is 1. The molecule has 0 saturated heterocycles. The van der Waals surface area contributed by atoms with Gasteiger partial charge in [-0.3, -0.25) is 0 Å². The SMILES string of the molecule is COC(=O)c1ncsc1C(C)(C)Br. The number of alkyl halides is 1. The van der Waals surface area contributed by atoms with Crippen molar-refractivity contribution < 1.29 is 9.53 Å². The predicted molar refractivity (Wildman–Crippen MR) is 55.4 cm³/mol. The van der Waals surface area contributed by atoms with Gasteiger partial charge >= 0.3 is 5.97 Å². The number of carbonyl (C=O) groups excluding carboxylic acids is 1. The first-order valence-electron chi connectivity index (χ1n) is 3.68. The minimum absolute atomic E-state index is 0.238. The number of hydrogen-bond acceptors (Lipinski definition) is 4. The molecule has 0 aliphatic carbocycles.